The SMILES string of the molecule is CS(=O)Nn1c(=O)[nH]c2cc(C(F)(F)F)c(CN)cc2c1=O. The Labute approximate surface area is 123 Å². The maximum absolute atomic E-state index is 12.9. The van der Waals surface area contributed by atoms with Crippen molar-refractivity contribution < 1.29 is 17.4 Å². The van der Waals surface area contributed by atoms with Crippen LogP contribution in [-0.2, 0) is 23.7 Å². The lowest BCUT2D eigenvalue weighted by molar-refractivity contribution is -0.138. The number of nitrogens with two attached hydrogens (primary N) is 1. The molecule has 1 atom stereocenters. The van der Waals surface area contributed by atoms with E-state index in [9.17, 15) is 27.0 Å². The minimum Gasteiger partial charge on any atom is -0.326 e. The van der Waals surface area contributed by atoms with Crippen molar-refractivity contribution in [1.82, 2.24) is 9.66 Å². The molecule has 0 aliphatic rings. The summed E-state index contributed by atoms with van der Waals surface area (Å²) in [7, 11) is -1.72. The van der Waals surface area contributed by atoms with E-state index in [4.69, 9.17) is 5.73 Å². The van der Waals surface area contributed by atoms with E-state index in [1.54, 1.807) is 0 Å². The van der Waals surface area contributed by atoms with Crippen molar-refractivity contribution in [2.45, 2.75) is 12.7 Å². The number of nitrogens with one attached hydrogen (secondary N) is 2. The van der Waals surface area contributed by atoms with Crippen molar-refractivity contribution in [2.24, 2.45) is 5.73 Å². The van der Waals surface area contributed by atoms with Gasteiger partial charge in [0.25, 0.3) is 5.56 Å². The third-order valence-electron chi connectivity index (χ3n) is 2.87. The number of hydrogen-bond donors (Lipinski definition) is 3. The maximum atomic E-state index is 12.9. The van der Waals surface area contributed by atoms with Gasteiger partial charge in [-0.05, 0) is 17.7 Å². The van der Waals surface area contributed by atoms with E-state index in [0.717, 1.165) is 6.07 Å². The number of aromatic nitrogens is 2. The van der Waals surface area contributed by atoms with Gasteiger partial charge in [0.05, 0.1) is 16.5 Å². The maximum Gasteiger partial charge on any atom is 0.416 e. The Kier molecular flexibility index (Phi) is 4.11. The molecule has 0 spiro atoms. The van der Waals surface area contributed by atoms with Crippen LogP contribution in [0.15, 0.2) is 21.7 Å². The van der Waals surface area contributed by atoms with Gasteiger partial charge in [0, 0.05) is 12.8 Å². The molecule has 1 heterocycles. The third-order valence-corrected chi connectivity index (χ3v) is 3.31. The van der Waals surface area contributed by atoms with Crippen molar-refractivity contribution in [1.29, 1.82) is 0 Å². The predicted octanol–water partition coefficient (Wildman–Crippen LogP) is 0.00430. The van der Waals surface area contributed by atoms with Gasteiger partial charge in [-0.1, -0.05) is 0 Å². The largest absolute Gasteiger partial charge is 0.416 e. The van der Waals surface area contributed by atoms with Crippen LogP contribution in [0.2, 0.25) is 0 Å². The Morgan fingerprint density at radius 1 is 1.36 bits per heavy atom. The Bertz CT molecular complexity index is 872. The molecule has 0 radical (unpaired) electrons. The lowest BCUT2D eigenvalue weighted by atomic mass is 10.0. The standard InChI is InChI=1S/C11H11F3N4O3S/c1-22(21)17-18-9(19)6-2-5(4-15)7(11(12,13)14)3-8(6)16-10(18)20/h2-3,17H,4,15H2,1H3,(H,16,20). The van der Waals surface area contributed by atoms with Crippen LogP contribution in [0.5, 0.6) is 0 Å². The summed E-state index contributed by atoms with van der Waals surface area (Å²) in [6, 6.07) is 1.63. The molecule has 2 aromatic rings. The predicted molar refractivity (Wildman–Crippen MR) is 75.1 cm³/mol. The summed E-state index contributed by atoms with van der Waals surface area (Å²) in [5.74, 6) is 0. The van der Waals surface area contributed by atoms with Gasteiger partial charge in [-0.3, -0.25) is 4.79 Å². The Hall–Kier alpha value is -2.14. The van der Waals surface area contributed by atoms with Crippen LogP contribution in [0.1, 0.15) is 11.1 Å². The zero-order chi connectivity index (χ0) is 16.7. The highest BCUT2D eigenvalue weighted by Gasteiger charge is 2.33. The molecule has 11 heteroatoms. The Morgan fingerprint density at radius 2 is 2.00 bits per heavy atom. The first-order valence-electron chi connectivity index (χ1n) is 5.84. The molecule has 0 saturated heterocycles. The van der Waals surface area contributed by atoms with Crippen LogP contribution in [0.3, 0.4) is 0 Å². The van der Waals surface area contributed by atoms with Crippen molar-refractivity contribution in [2.75, 3.05) is 11.1 Å². The van der Waals surface area contributed by atoms with E-state index in [1.165, 1.54) is 6.26 Å². The highest BCUT2D eigenvalue weighted by atomic mass is 32.2. The van der Waals surface area contributed by atoms with E-state index in [-0.39, 0.29) is 16.5 Å². The minimum atomic E-state index is -4.67. The normalized spacial score (nSPS) is 13.3. The molecule has 2 rings (SSSR count). The highest BCUT2D eigenvalue weighted by molar-refractivity contribution is 7.85. The summed E-state index contributed by atoms with van der Waals surface area (Å²) in [6.07, 6.45) is -3.48. The number of hydrogen-bond acceptors (Lipinski definition) is 4. The average Bonchev–Trinajstić information content (AvgIpc) is 2.41. The molecule has 22 heavy (non-hydrogen) atoms. The van der Waals surface area contributed by atoms with Gasteiger partial charge in [0.1, 0.15) is 11.0 Å². The zero-order valence-electron chi connectivity index (χ0n) is 11.2. The highest BCUT2D eigenvalue weighted by Crippen LogP contribution is 2.33. The van der Waals surface area contributed by atoms with Crippen LogP contribution in [0.25, 0.3) is 10.9 Å². The van der Waals surface area contributed by atoms with Crippen molar-refractivity contribution in [3.63, 3.8) is 0 Å². The molecule has 1 unspecified atom stereocenters. The van der Waals surface area contributed by atoms with Gasteiger partial charge >= 0.3 is 11.9 Å². The van der Waals surface area contributed by atoms with Crippen LogP contribution in [-0.4, -0.2) is 20.1 Å². The molecule has 0 aliphatic heterocycles. The molecule has 0 fully saturated rings. The molecule has 4 N–H and O–H groups in total. The quantitative estimate of drug-likeness (QED) is 0.733. The molecular formula is C11H11F3N4O3S. The molecule has 120 valence electrons. The molecular weight excluding hydrogens is 325 g/mol. The van der Waals surface area contributed by atoms with Crippen molar-refractivity contribution in [3.8, 4) is 0 Å². The number of alkyl halides is 3. The second kappa shape index (κ2) is 5.57. The fourth-order valence-corrected chi connectivity index (χ4v) is 2.38. The summed E-state index contributed by atoms with van der Waals surface area (Å²) < 4.78 is 50.3. The molecule has 0 bridgehead atoms. The number of H-pyrrole nitrogens is 1. The van der Waals surface area contributed by atoms with E-state index < -0.39 is 40.5 Å². The first kappa shape index (κ1) is 16.2. The second-order valence-electron chi connectivity index (χ2n) is 4.37. The van der Waals surface area contributed by atoms with Gasteiger partial charge in [0.15, 0.2) is 0 Å². The molecule has 7 nitrogen and oxygen atoms in total. The van der Waals surface area contributed by atoms with Crippen LogP contribution in [0, 0.1) is 0 Å². The fourth-order valence-electron chi connectivity index (χ4n) is 1.95. The fraction of sp³-hybridized carbons (Fsp3) is 0.273. The molecule has 0 amide bonds. The summed E-state index contributed by atoms with van der Waals surface area (Å²) in [5, 5.41) is -0.175. The number of fused-ring (bicyclic) bond motifs is 1. The summed E-state index contributed by atoms with van der Waals surface area (Å²) >= 11 is 0. The Morgan fingerprint density at radius 3 is 2.50 bits per heavy atom. The topological polar surface area (TPSA) is 110 Å². The van der Waals surface area contributed by atoms with E-state index in [0.29, 0.717) is 10.7 Å². The second-order valence-corrected chi connectivity index (χ2v) is 5.46. The van der Waals surface area contributed by atoms with Gasteiger partial charge in [-0.15, -0.1) is 0 Å². The number of benzene rings is 1. The number of halogens is 3. The number of aromatic amines is 1. The van der Waals surface area contributed by atoms with Gasteiger partial charge < -0.3 is 10.7 Å². The number of nitrogens with zero attached hydrogens (tertiary/aromatic N) is 1. The molecule has 0 aliphatic carbocycles. The molecule has 1 aromatic heterocycles. The van der Waals surface area contributed by atoms with Crippen LogP contribution < -0.4 is 21.8 Å². The minimum absolute atomic E-state index is 0.175. The average molecular weight is 336 g/mol. The van der Waals surface area contributed by atoms with Gasteiger partial charge in [0.2, 0.25) is 0 Å². The zero-order valence-corrected chi connectivity index (χ0v) is 12.0. The van der Waals surface area contributed by atoms with E-state index in [1.807, 2.05) is 0 Å². The van der Waals surface area contributed by atoms with Crippen LogP contribution in [0.4, 0.5) is 13.2 Å². The Balaban J connectivity index is 2.85. The van der Waals surface area contributed by atoms with Gasteiger partial charge in [-0.25, -0.2) is 13.8 Å². The van der Waals surface area contributed by atoms with Gasteiger partial charge in [-0.2, -0.15) is 17.8 Å². The molecule has 1 aromatic carbocycles. The third kappa shape index (κ3) is 2.90. The number of rotatable bonds is 3. The van der Waals surface area contributed by atoms with Crippen molar-refractivity contribution in [3.05, 3.63) is 44.1 Å². The summed E-state index contributed by atoms with van der Waals surface area (Å²) in [4.78, 5) is 28.1. The smallest absolute Gasteiger partial charge is 0.326 e. The lowest BCUT2D eigenvalue weighted by Gasteiger charge is -2.13. The van der Waals surface area contributed by atoms with Crippen molar-refractivity contribution >= 4 is 21.9 Å². The first-order valence-corrected chi connectivity index (χ1v) is 7.40. The van der Waals surface area contributed by atoms with E-state index >= 15 is 0 Å². The monoisotopic (exact) mass is 336 g/mol. The lowest BCUT2D eigenvalue weighted by Crippen LogP contribution is -2.41. The first-order chi connectivity index (χ1) is 10.1. The van der Waals surface area contributed by atoms with Crippen LogP contribution >= 0.6 is 0 Å². The molecule has 0 saturated carbocycles. The van der Waals surface area contributed by atoms with E-state index in [2.05, 4.69) is 9.82 Å². The summed E-state index contributed by atoms with van der Waals surface area (Å²) in [5.41, 5.74) is 1.76. The summed E-state index contributed by atoms with van der Waals surface area (Å²) in [6.45, 7) is -0.434.